The molecule has 0 rings (SSSR count). The Morgan fingerprint density at radius 1 is 1.36 bits per heavy atom. The van der Waals surface area contributed by atoms with Crippen LogP contribution in [0.25, 0.3) is 0 Å². The second kappa shape index (κ2) is 4.64. The molecule has 0 heterocycles. The van der Waals surface area contributed by atoms with Crippen LogP contribution in [0, 0.1) is 0 Å². The lowest BCUT2D eigenvalue weighted by Gasteiger charge is -2.20. The third-order valence-electron chi connectivity index (χ3n) is 1.47. The van der Waals surface area contributed by atoms with Crippen LogP contribution in [-0.4, -0.2) is 36.5 Å². The first-order valence-corrected chi connectivity index (χ1v) is 4.13. The molecule has 0 radical (unpaired) electrons. The molecule has 0 fully saturated rings. The van der Waals surface area contributed by atoms with Gasteiger partial charge in [0.15, 0.2) is 11.4 Å². The van der Waals surface area contributed by atoms with E-state index in [1.807, 2.05) is 0 Å². The summed E-state index contributed by atoms with van der Waals surface area (Å²) in [6.45, 7) is 2.97. The molecule has 0 bridgehead atoms. The first-order valence-electron chi connectivity index (χ1n) is 4.13. The third-order valence-corrected chi connectivity index (χ3v) is 1.47. The number of rotatable bonds is 4. The summed E-state index contributed by atoms with van der Waals surface area (Å²) >= 11 is 0. The number of hydrogen-bond acceptors (Lipinski definition) is 4. The Balaban J connectivity index is 4.43. The first-order chi connectivity index (χ1) is 6.25. The second-order valence-corrected chi connectivity index (χ2v) is 3.58. The van der Waals surface area contributed by atoms with Crippen LogP contribution in [0.5, 0.6) is 0 Å². The van der Waals surface area contributed by atoms with E-state index >= 15 is 0 Å². The molecule has 0 spiro atoms. The summed E-state index contributed by atoms with van der Waals surface area (Å²) in [5, 5.41) is 0. The van der Waals surface area contributed by atoms with Crippen molar-refractivity contribution in [2.24, 2.45) is 5.73 Å². The van der Waals surface area contributed by atoms with E-state index in [2.05, 4.69) is 4.74 Å². The van der Waals surface area contributed by atoms with Gasteiger partial charge in [0.05, 0.1) is 0 Å². The van der Waals surface area contributed by atoms with E-state index in [0.717, 1.165) is 0 Å². The minimum Gasteiger partial charge on any atom is -0.435 e. The molecule has 2 N–H and O–H groups in total. The SMILES string of the molecule is CN(C)/C=C/C(=O)C(C)(C)OC(N)=O. The van der Waals surface area contributed by atoms with Gasteiger partial charge in [-0.05, 0) is 13.8 Å². The molecule has 80 valence electrons. The summed E-state index contributed by atoms with van der Waals surface area (Å²) < 4.78 is 4.65. The van der Waals surface area contributed by atoms with E-state index < -0.39 is 11.7 Å². The van der Waals surface area contributed by atoms with Crippen molar-refractivity contribution in [2.75, 3.05) is 14.1 Å². The monoisotopic (exact) mass is 200 g/mol. The Morgan fingerprint density at radius 2 is 1.86 bits per heavy atom. The summed E-state index contributed by atoms with van der Waals surface area (Å²) in [6.07, 6.45) is 1.96. The van der Waals surface area contributed by atoms with E-state index in [1.54, 1.807) is 25.2 Å². The van der Waals surface area contributed by atoms with Crippen molar-refractivity contribution in [2.45, 2.75) is 19.4 Å². The largest absolute Gasteiger partial charge is 0.435 e. The van der Waals surface area contributed by atoms with E-state index in [1.165, 1.54) is 19.9 Å². The van der Waals surface area contributed by atoms with Crippen molar-refractivity contribution in [1.29, 1.82) is 0 Å². The van der Waals surface area contributed by atoms with Crippen molar-refractivity contribution in [3.05, 3.63) is 12.3 Å². The highest BCUT2D eigenvalue weighted by Crippen LogP contribution is 2.11. The van der Waals surface area contributed by atoms with E-state index in [0.29, 0.717) is 0 Å². The normalized spacial score (nSPS) is 11.4. The highest BCUT2D eigenvalue weighted by molar-refractivity contribution is 5.97. The van der Waals surface area contributed by atoms with Crippen LogP contribution in [-0.2, 0) is 9.53 Å². The predicted octanol–water partition coefficient (Wildman–Crippen LogP) is 0.505. The van der Waals surface area contributed by atoms with Gasteiger partial charge in [0.1, 0.15) is 0 Å². The lowest BCUT2D eigenvalue weighted by atomic mass is 10.0. The van der Waals surface area contributed by atoms with Gasteiger partial charge >= 0.3 is 6.09 Å². The van der Waals surface area contributed by atoms with Crippen molar-refractivity contribution in [3.63, 3.8) is 0 Å². The van der Waals surface area contributed by atoms with Gasteiger partial charge in [0.2, 0.25) is 0 Å². The topological polar surface area (TPSA) is 72.6 Å². The highest BCUT2D eigenvalue weighted by atomic mass is 16.6. The number of ketones is 1. The predicted molar refractivity (Wildman–Crippen MR) is 52.6 cm³/mol. The number of nitrogens with zero attached hydrogens (tertiary/aromatic N) is 1. The Kier molecular flexibility index (Phi) is 4.14. The molecule has 0 aromatic heterocycles. The lowest BCUT2D eigenvalue weighted by molar-refractivity contribution is -0.129. The minimum absolute atomic E-state index is 0.315. The maximum Gasteiger partial charge on any atom is 0.405 e. The third kappa shape index (κ3) is 4.49. The zero-order valence-electron chi connectivity index (χ0n) is 8.90. The Labute approximate surface area is 83.5 Å². The summed E-state index contributed by atoms with van der Waals surface area (Å²) in [6, 6.07) is 0. The van der Waals surface area contributed by atoms with Crippen LogP contribution in [0.3, 0.4) is 0 Å². The second-order valence-electron chi connectivity index (χ2n) is 3.58. The molecule has 0 aliphatic heterocycles. The maximum absolute atomic E-state index is 11.5. The van der Waals surface area contributed by atoms with Crippen LogP contribution < -0.4 is 5.73 Å². The number of ether oxygens (including phenoxy) is 1. The number of amides is 1. The molecule has 0 aromatic rings. The quantitative estimate of drug-likeness (QED) is 0.671. The van der Waals surface area contributed by atoms with Gasteiger partial charge in [-0.25, -0.2) is 4.79 Å². The van der Waals surface area contributed by atoms with Crippen LogP contribution in [0.15, 0.2) is 12.3 Å². The summed E-state index contributed by atoms with van der Waals surface area (Å²) in [5.41, 5.74) is 3.61. The summed E-state index contributed by atoms with van der Waals surface area (Å²) in [5.74, 6) is -0.315. The average molecular weight is 200 g/mol. The molecule has 0 saturated heterocycles. The number of primary amides is 1. The molecule has 14 heavy (non-hydrogen) atoms. The van der Waals surface area contributed by atoms with Crippen molar-refractivity contribution in [1.82, 2.24) is 4.90 Å². The van der Waals surface area contributed by atoms with Crippen molar-refractivity contribution < 1.29 is 14.3 Å². The molecule has 0 aliphatic rings. The van der Waals surface area contributed by atoms with Gasteiger partial charge in [-0.1, -0.05) is 0 Å². The van der Waals surface area contributed by atoms with Gasteiger partial charge in [0.25, 0.3) is 0 Å². The molecule has 0 aliphatic carbocycles. The zero-order chi connectivity index (χ0) is 11.4. The van der Waals surface area contributed by atoms with Gasteiger partial charge in [-0.3, -0.25) is 4.79 Å². The number of hydrogen-bond donors (Lipinski definition) is 1. The zero-order valence-corrected chi connectivity index (χ0v) is 8.90. The van der Waals surface area contributed by atoms with Crippen molar-refractivity contribution >= 4 is 11.9 Å². The van der Waals surface area contributed by atoms with Crippen LogP contribution in [0.2, 0.25) is 0 Å². The molecule has 0 atom stereocenters. The molecule has 1 amide bonds. The summed E-state index contributed by atoms with van der Waals surface area (Å²) in [7, 11) is 3.57. The Morgan fingerprint density at radius 3 is 2.21 bits per heavy atom. The Bertz CT molecular complexity index is 257. The molecule has 0 aromatic carbocycles. The highest BCUT2D eigenvalue weighted by Gasteiger charge is 2.28. The van der Waals surface area contributed by atoms with E-state index in [-0.39, 0.29) is 5.78 Å². The van der Waals surface area contributed by atoms with Gasteiger partial charge in [-0.15, -0.1) is 0 Å². The summed E-state index contributed by atoms with van der Waals surface area (Å²) in [4.78, 5) is 23.6. The number of carbonyl (C=O) groups excluding carboxylic acids is 2. The molecule has 0 unspecified atom stereocenters. The van der Waals surface area contributed by atoms with Gasteiger partial charge in [0, 0.05) is 26.4 Å². The van der Waals surface area contributed by atoms with Crippen LogP contribution in [0.1, 0.15) is 13.8 Å². The molecule has 0 saturated carbocycles. The standard InChI is InChI=1S/C9H16N2O3/c1-9(2,14-8(10)13)7(12)5-6-11(3)4/h5-6H,1-4H3,(H2,10,13)/b6-5+. The van der Waals surface area contributed by atoms with Crippen LogP contribution in [0.4, 0.5) is 4.79 Å². The maximum atomic E-state index is 11.5. The first kappa shape index (κ1) is 12.5. The van der Waals surface area contributed by atoms with Crippen LogP contribution >= 0.6 is 0 Å². The van der Waals surface area contributed by atoms with Gasteiger partial charge < -0.3 is 15.4 Å². The fraction of sp³-hybridized carbons (Fsp3) is 0.556. The van der Waals surface area contributed by atoms with Crippen molar-refractivity contribution in [3.8, 4) is 0 Å². The van der Waals surface area contributed by atoms with Gasteiger partial charge in [-0.2, -0.15) is 0 Å². The Hall–Kier alpha value is -1.52. The lowest BCUT2D eigenvalue weighted by Crippen LogP contribution is -2.38. The van der Waals surface area contributed by atoms with E-state index in [9.17, 15) is 9.59 Å². The smallest absolute Gasteiger partial charge is 0.405 e. The number of carbonyl (C=O) groups is 2. The van der Waals surface area contributed by atoms with E-state index in [4.69, 9.17) is 5.73 Å². The number of nitrogens with two attached hydrogens (primary N) is 1. The minimum atomic E-state index is -1.21. The molecule has 5 nitrogen and oxygen atoms in total. The fourth-order valence-electron chi connectivity index (χ4n) is 0.719. The average Bonchev–Trinajstić information content (AvgIpc) is 1.97. The molecular formula is C9H16N2O3. The fourth-order valence-corrected chi connectivity index (χ4v) is 0.719. The molecular weight excluding hydrogens is 184 g/mol. The molecule has 5 heteroatoms.